The standard InChI is InChI=1S/C29H43N5O3/c1-28(2,3)18-21(35)19-34(8)26-22-12-9-13-23(22)31-25(32-26)24-17-20(14-15-30-24)11-10-16-33(7)27(36)37-29(4,5)6/h14-15,17H,9-13,16,18-19H2,1-8H3. The number of rotatable bonds is 9. The fourth-order valence-electron chi connectivity index (χ4n) is 4.53. The number of hydrogen-bond acceptors (Lipinski definition) is 7. The smallest absolute Gasteiger partial charge is 0.410 e. The Morgan fingerprint density at radius 3 is 2.46 bits per heavy atom. The maximum atomic E-state index is 12.7. The van der Waals surface area contributed by atoms with Crippen molar-refractivity contribution < 1.29 is 14.3 Å². The van der Waals surface area contributed by atoms with E-state index in [2.05, 4.69) is 25.8 Å². The van der Waals surface area contributed by atoms with Crippen LogP contribution in [0.15, 0.2) is 18.3 Å². The molecule has 8 nitrogen and oxygen atoms in total. The number of amides is 1. The third-order valence-corrected chi connectivity index (χ3v) is 6.13. The molecule has 37 heavy (non-hydrogen) atoms. The lowest BCUT2D eigenvalue weighted by Gasteiger charge is -2.24. The number of carbonyl (C=O) groups is 2. The van der Waals surface area contributed by atoms with Crippen molar-refractivity contribution in [2.75, 3.05) is 32.1 Å². The number of likely N-dealkylation sites (N-methyl/N-ethyl adjacent to an activating group) is 1. The second kappa shape index (κ2) is 11.6. The van der Waals surface area contributed by atoms with Crippen molar-refractivity contribution in [2.24, 2.45) is 5.41 Å². The van der Waals surface area contributed by atoms with Crippen LogP contribution in [0.1, 0.15) is 77.6 Å². The molecule has 202 valence electrons. The van der Waals surface area contributed by atoms with Crippen molar-refractivity contribution >= 4 is 17.7 Å². The van der Waals surface area contributed by atoms with Crippen molar-refractivity contribution in [2.45, 2.75) is 85.7 Å². The summed E-state index contributed by atoms with van der Waals surface area (Å²) in [5.74, 6) is 1.64. The van der Waals surface area contributed by atoms with Gasteiger partial charge in [0.25, 0.3) is 0 Å². The summed E-state index contributed by atoms with van der Waals surface area (Å²) in [6.45, 7) is 12.8. The maximum absolute atomic E-state index is 12.7. The third kappa shape index (κ3) is 8.51. The lowest BCUT2D eigenvalue weighted by Crippen LogP contribution is -2.34. The molecular formula is C29H43N5O3. The minimum absolute atomic E-state index is 0.0389. The number of nitrogens with zero attached hydrogens (tertiary/aromatic N) is 5. The van der Waals surface area contributed by atoms with E-state index >= 15 is 0 Å². The second-order valence-corrected chi connectivity index (χ2v) is 12.3. The zero-order chi connectivity index (χ0) is 27.4. The summed E-state index contributed by atoms with van der Waals surface area (Å²) in [5, 5.41) is 0. The highest BCUT2D eigenvalue weighted by Crippen LogP contribution is 2.31. The average Bonchev–Trinajstić information content (AvgIpc) is 3.24. The maximum Gasteiger partial charge on any atom is 0.410 e. The summed E-state index contributed by atoms with van der Waals surface area (Å²) in [7, 11) is 3.70. The molecule has 0 fully saturated rings. The van der Waals surface area contributed by atoms with Crippen LogP contribution in [0.4, 0.5) is 10.6 Å². The molecule has 3 rings (SSSR count). The van der Waals surface area contributed by atoms with Crippen molar-refractivity contribution in [3.63, 3.8) is 0 Å². The SMILES string of the molecule is CN(CCCc1ccnc(-c2nc3c(c(N(C)CC(=O)CC(C)(C)C)n2)CCC3)c1)C(=O)OC(C)(C)C. The first-order valence-corrected chi connectivity index (χ1v) is 13.2. The highest BCUT2D eigenvalue weighted by Gasteiger charge is 2.25. The first-order valence-electron chi connectivity index (χ1n) is 13.2. The van der Waals surface area contributed by atoms with E-state index in [1.165, 1.54) is 0 Å². The van der Waals surface area contributed by atoms with Gasteiger partial charge in [0.2, 0.25) is 0 Å². The summed E-state index contributed by atoms with van der Waals surface area (Å²) in [6.07, 6.45) is 6.49. The fourth-order valence-corrected chi connectivity index (χ4v) is 4.53. The van der Waals surface area contributed by atoms with Gasteiger partial charge in [-0.25, -0.2) is 14.8 Å². The van der Waals surface area contributed by atoms with Crippen molar-refractivity contribution in [3.05, 3.63) is 35.2 Å². The van der Waals surface area contributed by atoms with Crippen LogP contribution in [0.3, 0.4) is 0 Å². The van der Waals surface area contributed by atoms with Crippen LogP contribution in [-0.2, 0) is 28.8 Å². The molecule has 1 aliphatic carbocycles. The number of fused-ring (bicyclic) bond motifs is 1. The van der Waals surface area contributed by atoms with E-state index in [1.807, 2.05) is 44.9 Å². The molecule has 2 aromatic rings. The van der Waals surface area contributed by atoms with Crippen LogP contribution >= 0.6 is 0 Å². The highest BCUT2D eigenvalue weighted by molar-refractivity contribution is 5.84. The molecule has 8 heteroatoms. The molecule has 0 aliphatic heterocycles. The Balaban J connectivity index is 1.72. The van der Waals surface area contributed by atoms with Gasteiger partial charge in [0.15, 0.2) is 11.6 Å². The largest absolute Gasteiger partial charge is 0.444 e. The molecule has 0 N–H and O–H groups in total. The zero-order valence-electron chi connectivity index (χ0n) is 23.8. The van der Waals surface area contributed by atoms with E-state index in [4.69, 9.17) is 14.7 Å². The molecule has 0 radical (unpaired) electrons. The minimum atomic E-state index is -0.506. The first kappa shape index (κ1) is 28.5. The molecule has 0 unspecified atom stereocenters. The Kier molecular flexibility index (Phi) is 8.92. The fraction of sp³-hybridized carbons (Fsp3) is 0.621. The minimum Gasteiger partial charge on any atom is -0.444 e. The van der Waals surface area contributed by atoms with Crippen LogP contribution in [0.2, 0.25) is 0 Å². The van der Waals surface area contributed by atoms with Crippen molar-refractivity contribution in [1.29, 1.82) is 0 Å². The topological polar surface area (TPSA) is 88.5 Å². The van der Waals surface area contributed by atoms with Gasteiger partial charge in [-0.1, -0.05) is 20.8 Å². The number of aromatic nitrogens is 3. The van der Waals surface area contributed by atoms with Crippen LogP contribution in [-0.4, -0.2) is 64.5 Å². The first-order chi connectivity index (χ1) is 17.2. The molecule has 0 bridgehead atoms. The van der Waals surface area contributed by atoms with Crippen molar-refractivity contribution in [1.82, 2.24) is 19.9 Å². The van der Waals surface area contributed by atoms with E-state index < -0.39 is 5.60 Å². The summed E-state index contributed by atoms with van der Waals surface area (Å²) in [6, 6.07) is 4.02. The van der Waals surface area contributed by atoms with Gasteiger partial charge < -0.3 is 14.5 Å². The third-order valence-electron chi connectivity index (χ3n) is 6.13. The molecule has 1 amide bonds. The van der Waals surface area contributed by atoms with Crippen LogP contribution in [0.25, 0.3) is 11.5 Å². The lowest BCUT2D eigenvalue weighted by molar-refractivity contribution is -0.119. The van der Waals surface area contributed by atoms with E-state index in [0.29, 0.717) is 25.3 Å². The number of anilines is 1. The van der Waals surface area contributed by atoms with Crippen LogP contribution < -0.4 is 4.90 Å². The van der Waals surface area contributed by atoms with Gasteiger partial charge in [-0.05, 0) is 76.0 Å². The van der Waals surface area contributed by atoms with E-state index in [0.717, 1.165) is 60.4 Å². The van der Waals surface area contributed by atoms with E-state index in [1.54, 1.807) is 18.1 Å². The number of Topliss-reactive ketones (excluding diaryl/α,β-unsaturated/α-hetero) is 1. The van der Waals surface area contributed by atoms with Crippen LogP contribution in [0, 0.1) is 5.41 Å². The molecule has 0 spiro atoms. The second-order valence-electron chi connectivity index (χ2n) is 12.3. The molecule has 0 saturated heterocycles. The molecule has 1 aliphatic rings. The van der Waals surface area contributed by atoms with Crippen LogP contribution in [0.5, 0.6) is 0 Å². The Hall–Kier alpha value is -3.03. The normalized spacial score (nSPS) is 13.3. The summed E-state index contributed by atoms with van der Waals surface area (Å²) >= 11 is 0. The Labute approximate surface area is 221 Å². The molecule has 0 aromatic carbocycles. The number of carbonyl (C=O) groups excluding carboxylic acids is 2. The summed E-state index contributed by atoms with van der Waals surface area (Å²) in [5.41, 5.74) is 3.50. The number of ether oxygens (including phenoxy) is 1. The van der Waals surface area contributed by atoms with E-state index in [9.17, 15) is 9.59 Å². The average molecular weight is 510 g/mol. The highest BCUT2D eigenvalue weighted by atomic mass is 16.6. The predicted octanol–water partition coefficient (Wildman–Crippen LogP) is 5.27. The predicted molar refractivity (Wildman–Crippen MR) is 147 cm³/mol. The van der Waals surface area contributed by atoms with Gasteiger partial charge in [0, 0.05) is 44.5 Å². The van der Waals surface area contributed by atoms with E-state index in [-0.39, 0.29) is 17.3 Å². The van der Waals surface area contributed by atoms with Crippen molar-refractivity contribution in [3.8, 4) is 11.5 Å². The molecule has 0 atom stereocenters. The van der Waals surface area contributed by atoms with Gasteiger partial charge in [-0.15, -0.1) is 0 Å². The van der Waals surface area contributed by atoms with Gasteiger partial charge in [-0.3, -0.25) is 9.78 Å². The van der Waals surface area contributed by atoms with Gasteiger partial charge >= 0.3 is 6.09 Å². The number of pyridine rings is 1. The monoisotopic (exact) mass is 509 g/mol. The van der Waals surface area contributed by atoms with Gasteiger partial charge in [0.05, 0.1) is 6.54 Å². The zero-order valence-corrected chi connectivity index (χ0v) is 23.8. The Morgan fingerprint density at radius 2 is 1.78 bits per heavy atom. The quantitative estimate of drug-likeness (QED) is 0.455. The lowest BCUT2D eigenvalue weighted by atomic mass is 9.90. The summed E-state index contributed by atoms with van der Waals surface area (Å²) < 4.78 is 5.43. The van der Waals surface area contributed by atoms with Gasteiger partial charge in [0.1, 0.15) is 17.1 Å². The molecule has 2 aromatic heterocycles. The number of ketones is 1. The summed E-state index contributed by atoms with van der Waals surface area (Å²) in [4.78, 5) is 42.8. The Morgan fingerprint density at radius 1 is 1.05 bits per heavy atom. The molecule has 2 heterocycles. The molecule has 0 saturated carbocycles. The van der Waals surface area contributed by atoms with Gasteiger partial charge in [-0.2, -0.15) is 0 Å². The number of aryl methyl sites for hydroxylation is 2. The molecular weight excluding hydrogens is 466 g/mol. The number of hydrogen-bond donors (Lipinski definition) is 0. The Bertz CT molecular complexity index is 1120.